The van der Waals surface area contributed by atoms with Crippen molar-refractivity contribution in [3.05, 3.63) is 62.2 Å². The molecule has 0 fully saturated rings. The average Bonchev–Trinajstić information content (AvgIpc) is 2.71. The lowest BCUT2D eigenvalue weighted by Crippen LogP contribution is -2.35. The Hall–Kier alpha value is -1.11. The maximum absolute atomic E-state index is 12.9. The molecule has 0 saturated carbocycles. The highest BCUT2D eigenvalue weighted by atomic mass is 127. The van der Waals surface area contributed by atoms with Crippen molar-refractivity contribution in [3.8, 4) is 0 Å². The van der Waals surface area contributed by atoms with Gasteiger partial charge in [-0.15, -0.1) is 0 Å². The van der Waals surface area contributed by atoms with E-state index >= 15 is 0 Å². The van der Waals surface area contributed by atoms with Crippen LogP contribution in [-0.4, -0.2) is 19.0 Å². The van der Waals surface area contributed by atoms with Crippen molar-refractivity contribution >= 4 is 45.8 Å². The van der Waals surface area contributed by atoms with Crippen LogP contribution in [0.3, 0.4) is 0 Å². The molecule has 1 heterocycles. The fraction of sp³-hybridized carbons (Fsp3) is 0.188. The van der Waals surface area contributed by atoms with Crippen molar-refractivity contribution in [2.75, 3.05) is 18.0 Å². The number of carbonyl (C=O) groups excluding carboxylic acids is 1. The van der Waals surface area contributed by atoms with E-state index in [1.165, 1.54) is 0 Å². The van der Waals surface area contributed by atoms with Gasteiger partial charge in [0.05, 0.1) is 5.56 Å². The number of para-hydroxylation sites is 1. The van der Waals surface area contributed by atoms with E-state index in [4.69, 9.17) is 11.6 Å². The van der Waals surface area contributed by atoms with Gasteiger partial charge in [0.2, 0.25) is 0 Å². The molecule has 1 aliphatic rings. The first-order chi connectivity index (χ1) is 10.2. The molecule has 0 spiro atoms. The van der Waals surface area contributed by atoms with Gasteiger partial charge in [0.25, 0.3) is 5.91 Å². The van der Waals surface area contributed by atoms with Crippen molar-refractivity contribution in [3.63, 3.8) is 0 Å². The van der Waals surface area contributed by atoms with Gasteiger partial charge in [0.15, 0.2) is 0 Å². The lowest BCUT2D eigenvalue weighted by atomic mass is 10.1. The molecular weight excluding hydrogens is 399 g/mol. The summed E-state index contributed by atoms with van der Waals surface area (Å²) in [4.78, 5) is 14.8. The molecule has 5 heteroatoms. The number of halogens is 2. The monoisotopic (exact) mass is 412 g/mol. The fourth-order valence-corrected chi connectivity index (χ4v) is 3.21. The van der Waals surface area contributed by atoms with Gasteiger partial charge in [0, 0.05) is 33.9 Å². The molecule has 21 heavy (non-hydrogen) atoms. The zero-order valence-corrected chi connectivity index (χ0v) is 14.2. The third-order valence-corrected chi connectivity index (χ3v) is 4.69. The summed E-state index contributed by atoms with van der Waals surface area (Å²) < 4.78 is 0.914. The summed E-state index contributed by atoms with van der Waals surface area (Å²) in [6.45, 7) is 2.21. The zero-order valence-electron chi connectivity index (χ0n) is 11.3. The maximum atomic E-state index is 12.9. The summed E-state index contributed by atoms with van der Waals surface area (Å²) >= 11 is 8.22. The fourth-order valence-electron chi connectivity index (χ4n) is 2.48. The Labute approximate surface area is 142 Å². The number of fused-ring (bicyclic) bond motifs is 1. The maximum Gasteiger partial charge on any atom is 0.259 e. The lowest BCUT2D eigenvalue weighted by Gasteiger charge is -2.23. The highest BCUT2D eigenvalue weighted by Crippen LogP contribution is 2.26. The summed E-state index contributed by atoms with van der Waals surface area (Å²) in [7, 11) is 0. The third-order valence-electron chi connectivity index (χ3n) is 3.51. The Balaban J connectivity index is 2.03. The van der Waals surface area contributed by atoms with Crippen molar-refractivity contribution in [1.82, 2.24) is 5.32 Å². The minimum atomic E-state index is -0.00181. The van der Waals surface area contributed by atoms with Gasteiger partial charge in [-0.2, -0.15) is 0 Å². The Morgan fingerprint density at radius 3 is 2.90 bits per heavy atom. The number of nitrogens with one attached hydrogen (secondary N) is 1. The van der Waals surface area contributed by atoms with Gasteiger partial charge in [0.1, 0.15) is 0 Å². The molecule has 1 N–H and O–H groups in total. The molecule has 3 nitrogen and oxygen atoms in total. The van der Waals surface area contributed by atoms with E-state index in [2.05, 4.69) is 34.0 Å². The smallest absolute Gasteiger partial charge is 0.259 e. The van der Waals surface area contributed by atoms with Crippen molar-refractivity contribution in [2.24, 2.45) is 0 Å². The summed E-state index contributed by atoms with van der Waals surface area (Å²) in [5, 5.41) is 3.93. The van der Waals surface area contributed by atoms with Crippen LogP contribution < -0.4 is 10.2 Å². The van der Waals surface area contributed by atoms with Crippen LogP contribution >= 0.6 is 34.2 Å². The molecule has 108 valence electrons. The van der Waals surface area contributed by atoms with Crippen LogP contribution in [0.5, 0.6) is 0 Å². The summed E-state index contributed by atoms with van der Waals surface area (Å²) in [5.74, 6) is -0.00181. The Morgan fingerprint density at radius 1 is 1.24 bits per heavy atom. The van der Waals surface area contributed by atoms with Crippen LogP contribution in [0.25, 0.3) is 0 Å². The highest BCUT2D eigenvalue weighted by Gasteiger charge is 2.23. The molecule has 3 rings (SSSR count). The van der Waals surface area contributed by atoms with Crippen LogP contribution in [0.4, 0.5) is 5.69 Å². The van der Waals surface area contributed by atoms with Gasteiger partial charge in [-0.1, -0.05) is 29.8 Å². The molecule has 0 atom stereocenters. The van der Waals surface area contributed by atoms with Gasteiger partial charge >= 0.3 is 0 Å². The summed E-state index contributed by atoms with van der Waals surface area (Å²) in [5.41, 5.74) is 2.77. The first kappa shape index (κ1) is 14.8. The highest BCUT2D eigenvalue weighted by molar-refractivity contribution is 14.1. The SMILES string of the molecule is O=C(c1cc(Cl)ccc1I)N1CCNCc2ccccc21. The number of rotatable bonds is 1. The number of benzene rings is 2. The number of hydrogen-bond donors (Lipinski definition) is 1. The van der Waals surface area contributed by atoms with Gasteiger partial charge in [-0.3, -0.25) is 4.79 Å². The van der Waals surface area contributed by atoms with Crippen molar-refractivity contribution in [2.45, 2.75) is 6.54 Å². The molecule has 0 bridgehead atoms. The molecular formula is C16H14ClIN2O. The molecule has 2 aromatic carbocycles. The number of carbonyl (C=O) groups is 1. The predicted octanol–water partition coefficient (Wildman–Crippen LogP) is 3.69. The molecule has 0 aliphatic carbocycles. The second-order valence-corrected chi connectivity index (χ2v) is 6.49. The molecule has 2 aromatic rings. The van der Waals surface area contributed by atoms with Gasteiger partial charge < -0.3 is 10.2 Å². The molecule has 0 saturated heterocycles. The number of amides is 1. The first-order valence-corrected chi connectivity index (χ1v) is 8.18. The number of hydrogen-bond acceptors (Lipinski definition) is 2. The molecule has 0 aromatic heterocycles. The quantitative estimate of drug-likeness (QED) is 0.725. The van der Waals surface area contributed by atoms with E-state index in [9.17, 15) is 4.79 Å². The average molecular weight is 413 g/mol. The van der Waals surface area contributed by atoms with E-state index in [1.807, 2.05) is 29.2 Å². The Kier molecular flexibility index (Phi) is 4.47. The topological polar surface area (TPSA) is 32.3 Å². The Bertz CT molecular complexity index is 690. The molecule has 1 amide bonds. The van der Waals surface area contributed by atoms with Crippen LogP contribution in [-0.2, 0) is 6.54 Å². The number of anilines is 1. The Morgan fingerprint density at radius 2 is 2.05 bits per heavy atom. The standard InChI is InChI=1S/C16H14ClIN2O/c17-12-5-6-14(18)13(9-12)16(21)20-8-7-19-10-11-3-1-2-4-15(11)20/h1-6,9,19H,7-8,10H2. The van der Waals surface area contributed by atoms with E-state index < -0.39 is 0 Å². The van der Waals surface area contributed by atoms with E-state index in [-0.39, 0.29) is 5.91 Å². The normalized spacial score (nSPS) is 14.5. The van der Waals surface area contributed by atoms with Crippen molar-refractivity contribution < 1.29 is 4.79 Å². The van der Waals surface area contributed by atoms with E-state index in [0.717, 1.165) is 27.9 Å². The second kappa shape index (κ2) is 6.34. The predicted molar refractivity (Wildman–Crippen MR) is 94.0 cm³/mol. The van der Waals surface area contributed by atoms with Crippen molar-refractivity contribution in [1.29, 1.82) is 0 Å². The minimum absolute atomic E-state index is 0.00181. The van der Waals surface area contributed by atoms with E-state index in [1.54, 1.807) is 12.1 Å². The first-order valence-electron chi connectivity index (χ1n) is 6.72. The second-order valence-electron chi connectivity index (χ2n) is 4.89. The van der Waals surface area contributed by atoms with Crippen LogP contribution in [0.1, 0.15) is 15.9 Å². The van der Waals surface area contributed by atoms with Crippen LogP contribution in [0.15, 0.2) is 42.5 Å². The summed E-state index contributed by atoms with van der Waals surface area (Å²) in [6.07, 6.45) is 0. The number of nitrogens with zero attached hydrogens (tertiary/aromatic N) is 1. The molecule has 0 unspecified atom stereocenters. The lowest BCUT2D eigenvalue weighted by molar-refractivity contribution is 0.0986. The molecule has 0 radical (unpaired) electrons. The molecule has 1 aliphatic heterocycles. The third kappa shape index (κ3) is 3.07. The van der Waals surface area contributed by atoms with E-state index in [0.29, 0.717) is 17.1 Å². The van der Waals surface area contributed by atoms with Crippen LogP contribution in [0, 0.1) is 3.57 Å². The van der Waals surface area contributed by atoms with Crippen LogP contribution in [0.2, 0.25) is 5.02 Å². The van der Waals surface area contributed by atoms with Gasteiger partial charge in [-0.05, 0) is 52.4 Å². The largest absolute Gasteiger partial charge is 0.311 e. The zero-order chi connectivity index (χ0) is 14.8. The summed E-state index contributed by atoms with van der Waals surface area (Å²) in [6, 6.07) is 13.4. The minimum Gasteiger partial charge on any atom is -0.311 e. The van der Waals surface area contributed by atoms with Gasteiger partial charge in [-0.25, -0.2) is 0 Å².